The molecule has 0 aliphatic carbocycles. The number of para-hydroxylation sites is 1. The van der Waals surface area contributed by atoms with Crippen molar-refractivity contribution in [1.29, 1.82) is 0 Å². The fourth-order valence-electron chi connectivity index (χ4n) is 2.82. The highest BCUT2D eigenvalue weighted by molar-refractivity contribution is 5.74. The lowest BCUT2D eigenvalue weighted by Gasteiger charge is -2.32. The molecule has 2 amide bonds. The highest BCUT2D eigenvalue weighted by atomic mass is 16.5. The average molecular weight is 366 g/mol. The van der Waals surface area contributed by atoms with Crippen LogP contribution in [-0.4, -0.2) is 62.0 Å². The fraction of sp³-hybridized carbons (Fsp3) is 0.556. The van der Waals surface area contributed by atoms with Crippen molar-refractivity contribution in [2.45, 2.75) is 31.8 Å². The molecule has 8 heteroatoms. The second kappa shape index (κ2) is 9.74. The topological polar surface area (TPSA) is 97.3 Å². The fourth-order valence-corrected chi connectivity index (χ4v) is 2.82. The predicted molar refractivity (Wildman–Crippen MR) is 95.0 cm³/mol. The Kier molecular flexibility index (Phi) is 7.37. The molecule has 144 valence electrons. The maximum atomic E-state index is 12.1. The normalized spacial score (nSPS) is 14.6. The summed E-state index contributed by atoms with van der Waals surface area (Å²) in [5.74, 6) is 0.948. The van der Waals surface area contributed by atoms with Crippen LogP contribution in [0, 0.1) is 0 Å². The molecular formula is C18H26N2O6. The van der Waals surface area contributed by atoms with Crippen molar-refractivity contribution in [3.63, 3.8) is 0 Å². The Labute approximate surface area is 153 Å². The molecule has 0 bridgehead atoms. The molecule has 0 spiro atoms. The molecular weight excluding hydrogens is 340 g/mol. The number of methoxy groups -OCH3 is 2. The van der Waals surface area contributed by atoms with Crippen LogP contribution in [0.3, 0.4) is 0 Å². The Morgan fingerprint density at radius 3 is 2.35 bits per heavy atom. The highest BCUT2D eigenvalue weighted by Gasteiger charge is 2.25. The Bertz CT molecular complexity index is 591. The van der Waals surface area contributed by atoms with Crippen molar-refractivity contribution in [2.75, 3.05) is 33.9 Å². The van der Waals surface area contributed by atoms with Gasteiger partial charge >= 0.3 is 12.0 Å². The minimum atomic E-state index is -0.857. The molecule has 2 N–H and O–H groups in total. The average Bonchev–Trinajstić information content (AvgIpc) is 2.65. The number of likely N-dealkylation sites (tertiary alicyclic amines) is 1. The van der Waals surface area contributed by atoms with E-state index >= 15 is 0 Å². The zero-order valence-corrected chi connectivity index (χ0v) is 15.2. The lowest BCUT2D eigenvalue weighted by molar-refractivity contribution is -0.137. The van der Waals surface area contributed by atoms with E-state index in [1.54, 1.807) is 19.1 Å². The van der Waals surface area contributed by atoms with Gasteiger partial charge in [-0.25, -0.2) is 4.79 Å². The van der Waals surface area contributed by atoms with Gasteiger partial charge in [-0.1, -0.05) is 6.07 Å². The first kappa shape index (κ1) is 19.7. The Morgan fingerprint density at radius 1 is 1.19 bits per heavy atom. The molecule has 1 aliphatic rings. The van der Waals surface area contributed by atoms with E-state index in [1.807, 2.05) is 18.2 Å². The number of nitrogens with zero attached hydrogens (tertiary/aromatic N) is 1. The maximum absolute atomic E-state index is 12.1. The molecule has 1 saturated heterocycles. The number of benzene rings is 1. The summed E-state index contributed by atoms with van der Waals surface area (Å²) in [7, 11) is 3.16. The van der Waals surface area contributed by atoms with Gasteiger partial charge in [0.1, 0.15) is 6.10 Å². The maximum Gasteiger partial charge on any atom is 0.317 e. The molecule has 26 heavy (non-hydrogen) atoms. The van der Waals surface area contributed by atoms with E-state index in [0.29, 0.717) is 56.1 Å². The summed E-state index contributed by atoms with van der Waals surface area (Å²) in [6, 6.07) is 5.31. The number of carboxylic acid groups (broad SMARTS) is 1. The van der Waals surface area contributed by atoms with Crippen LogP contribution in [-0.2, 0) is 4.79 Å². The number of nitrogens with one attached hydrogen (secondary N) is 1. The van der Waals surface area contributed by atoms with E-state index in [4.69, 9.17) is 19.3 Å². The van der Waals surface area contributed by atoms with Crippen LogP contribution in [0.1, 0.15) is 25.7 Å². The number of aliphatic carboxylic acids is 1. The SMILES string of the molecule is COc1cccc(OC)c1OC1CCN(C(=O)NCCCC(=O)O)CC1. The molecule has 2 rings (SSSR count). The monoisotopic (exact) mass is 366 g/mol. The van der Waals surface area contributed by atoms with Crippen molar-refractivity contribution in [3.8, 4) is 17.2 Å². The van der Waals surface area contributed by atoms with E-state index in [9.17, 15) is 9.59 Å². The number of carbonyl (C=O) groups is 2. The molecule has 1 aliphatic heterocycles. The van der Waals surface area contributed by atoms with E-state index in [2.05, 4.69) is 5.32 Å². The third-order valence-corrected chi connectivity index (χ3v) is 4.24. The standard InChI is InChI=1S/C18H26N2O6/c1-24-14-5-3-6-15(25-2)17(14)26-13-8-11-20(12-9-13)18(23)19-10-4-7-16(21)22/h3,5-6,13H,4,7-12H2,1-2H3,(H,19,23)(H,21,22). The van der Waals surface area contributed by atoms with E-state index in [1.165, 1.54) is 0 Å². The summed E-state index contributed by atoms with van der Waals surface area (Å²) in [4.78, 5) is 24.3. The third kappa shape index (κ3) is 5.44. The van der Waals surface area contributed by atoms with Crippen molar-refractivity contribution >= 4 is 12.0 Å². The molecule has 0 atom stereocenters. The van der Waals surface area contributed by atoms with Crippen LogP contribution in [0.2, 0.25) is 0 Å². The first-order valence-corrected chi connectivity index (χ1v) is 8.67. The van der Waals surface area contributed by atoms with Crippen molar-refractivity contribution in [1.82, 2.24) is 10.2 Å². The van der Waals surface area contributed by atoms with Crippen LogP contribution in [0.25, 0.3) is 0 Å². The van der Waals surface area contributed by atoms with Gasteiger partial charge in [0.15, 0.2) is 11.5 Å². The van der Waals surface area contributed by atoms with Gasteiger partial charge in [-0.15, -0.1) is 0 Å². The van der Waals surface area contributed by atoms with Gasteiger partial charge in [-0.2, -0.15) is 0 Å². The molecule has 0 unspecified atom stereocenters. The van der Waals surface area contributed by atoms with Crippen LogP contribution >= 0.6 is 0 Å². The number of rotatable bonds is 8. The van der Waals surface area contributed by atoms with Gasteiger partial charge in [0.05, 0.1) is 14.2 Å². The molecule has 1 heterocycles. The predicted octanol–water partition coefficient (Wildman–Crippen LogP) is 2.12. The molecule has 0 aromatic heterocycles. The van der Waals surface area contributed by atoms with E-state index in [-0.39, 0.29) is 18.6 Å². The van der Waals surface area contributed by atoms with Crippen LogP contribution in [0.15, 0.2) is 18.2 Å². The summed E-state index contributed by atoms with van der Waals surface area (Å²) >= 11 is 0. The number of amides is 2. The van der Waals surface area contributed by atoms with Gasteiger partial charge in [0, 0.05) is 38.9 Å². The minimum Gasteiger partial charge on any atom is -0.493 e. The van der Waals surface area contributed by atoms with Crippen molar-refractivity contribution in [2.24, 2.45) is 0 Å². The van der Waals surface area contributed by atoms with Gasteiger partial charge in [0.25, 0.3) is 0 Å². The molecule has 1 fully saturated rings. The lowest BCUT2D eigenvalue weighted by Crippen LogP contribution is -2.46. The molecule has 1 aromatic rings. The van der Waals surface area contributed by atoms with E-state index < -0.39 is 5.97 Å². The number of piperidine rings is 1. The van der Waals surface area contributed by atoms with Crippen molar-refractivity contribution in [3.05, 3.63) is 18.2 Å². The van der Waals surface area contributed by atoms with Gasteiger partial charge in [0.2, 0.25) is 5.75 Å². The number of carboxylic acids is 1. The second-order valence-electron chi connectivity index (χ2n) is 6.03. The van der Waals surface area contributed by atoms with Crippen LogP contribution in [0.5, 0.6) is 17.2 Å². The summed E-state index contributed by atoms with van der Waals surface area (Å²) in [5, 5.41) is 11.3. The van der Waals surface area contributed by atoms with Crippen LogP contribution < -0.4 is 19.5 Å². The number of urea groups is 1. The zero-order valence-electron chi connectivity index (χ0n) is 15.2. The first-order valence-electron chi connectivity index (χ1n) is 8.67. The third-order valence-electron chi connectivity index (χ3n) is 4.24. The quantitative estimate of drug-likeness (QED) is 0.684. The minimum absolute atomic E-state index is 0.0312. The van der Waals surface area contributed by atoms with E-state index in [0.717, 1.165) is 0 Å². The van der Waals surface area contributed by atoms with Gasteiger partial charge < -0.3 is 29.5 Å². The Balaban J connectivity index is 1.82. The van der Waals surface area contributed by atoms with Gasteiger partial charge in [-0.3, -0.25) is 4.79 Å². The summed E-state index contributed by atoms with van der Waals surface area (Å²) in [6.07, 6.45) is 1.84. The largest absolute Gasteiger partial charge is 0.493 e. The van der Waals surface area contributed by atoms with Gasteiger partial charge in [-0.05, 0) is 18.6 Å². The number of carbonyl (C=O) groups excluding carboxylic acids is 1. The highest BCUT2D eigenvalue weighted by Crippen LogP contribution is 2.38. The molecule has 8 nitrogen and oxygen atoms in total. The zero-order chi connectivity index (χ0) is 18.9. The molecule has 1 aromatic carbocycles. The summed E-state index contributed by atoms with van der Waals surface area (Å²) in [6.45, 7) is 1.51. The summed E-state index contributed by atoms with van der Waals surface area (Å²) < 4.78 is 16.8. The number of hydrogen-bond acceptors (Lipinski definition) is 5. The first-order chi connectivity index (χ1) is 12.5. The molecule has 0 saturated carbocycles. The number of hydrogen-bond donors (Lipinski definition) is 2. The Hall–Kier alpha value is -2.64. The summed E-state index contributed by atoms with van der Waals surface area (Å²) in [5.41, 5.74) is 0. The second-order valence-corrected chi connectivity index (χ2v) is 6.03. The van der Waals surface area contributed by atoms with Crippen LogP contribution in [0.4, 0.5) is 4.79 Å². The molecule has 0 radical (unpaired) electrons. The van der Waals surface area contributed by atoms with Crippen molar-refractivity contribution < 1.29 is 28.9 Å². The Morgan fingerprint density at radius 2 is 1.81 bits per heavy atom. The smallest absolute Gasteiger partial charge is 0.317 e. The number of ether oxygens (including phenoxy) is 3. The lowest BCUT2D eigenvalue weighted by atomic mass is 10.1.